The lowest BCUT2D eigenvalue weighted by molar-refractivity contribution is -0.129. The number of amides is 2. The SMILES string of the molecule is Cc1ccc(OCC(=O)Nc2cccc(-c3ccc([C@@]4(CC(=O)NO)CCCCS4)s3)c2)cc1. The van der Waals surface area contributed by atoms with Gasteiger partial charge >= 0.3 is 0 Å². The molecule has 0 saturated carbocycles. The topological polar surface area (TPSA) is 87.7 Å². The summed E-state index contributed by atoms with van der Waals surface area (Å²) >= 11 is 3.46. The molecule has 2 heterocycles. The van der Waals surface area contributed by atoms with Crippen molar-refractivity contribution in [1.82, 2.24) is 5.48 Å². The van der Waals surface area contributed by atoms with Gasteiger partial charge in [-0.25, -0.2) is 5.48 Å². The fourth-order valence-electron chi connectivity index (χ4n) is 4.04. The number of rotatable bonds is 8. The van der Waals surface area contributed by atoms with Crippen molar-refractivity contribution >= 4 is 40.6 Å². The highest BCUT2D eigenvalue weighted by Crippen LogP contribution is 2.50. The molecule has 0 aliphatic carbocycles. The summed E-state index contributed by atoms with van der Waals surface area (Å²) < 4.78 is 5.26. The van der Waals surface area contributed by atoms with E-state index >= 15 is 0 Å². The number of nitrogens with one attached hydrogen (secondary N) is 2. The maximum absolute atomic E-state index is 12.4. The van der Waals surface area contributed by atoms with Gasteiger partial charge < -0.3 is 10.1 Å². The summed E-state index contributed by atoms with van der Waals surface area (Å²) in [6, 6.07) is 19.4. The third kappa shape index (κ3) is 6.00. The van der Waals surface area contributed by atoms with E-state index in [1.54, 1.807) is 28.6 Å². The number of thiophene rings is 1. The fourth-order valence-corrected chi connectivity index (χ4v) is 6.93. The fraction of sp³-hybridized carbons (Fsp3) is 0.308. The van der Waals surface area contributed by atoms with E-state index in [9.17, 15) is 9.59 Å². The number of benzene rings is 2. The number of aryl methyl sites for hydroxylation is 1. The van der Waals surface area contributed by atoms with Crippen LogP contribution < -0.4 is 15.5 Å². The Morgan fingerprint density at radius 3 is 2.62 bits per heavy atom. The zero-order valence-corrected chi connectivity index (χ0v) is 20.6. The zero-order chi connectivity index (χ0) is 24.0. The predicted octanol–water partition coefficient (Wildman–Crippen LogP) is 5.75. The van der Waals surface area contributed by atoms with Gasteiger partial charge in [0.1, 0.15) is 5.75 Å². The quantitative estimate of drug-likeness (QED) is 0.273. The van der Waals surface area contributed by atoms with E-state index in [4.69, 9.17) is 9.94 Å². The second-order valence-corrected chi connectivity index (χ2v) is 11.0. The normalized spacial score (nSPS) is 17.7. The standard InChI is InChI=1S/C26H28N2O4S2/c1-18-7-9-21(10-8-18)32-17-25(30)27-20-6-4-5-19(15-20)22-11-12-23(34-22)26(16-24(29)28-31)13-2-3-14-33-26/h4-12,15,31H,2-3,13-14,16-17H2,1H3,(H,27,30)(H,28,29)/t26-/m0/s1. The minimum absolute atomic E-state index is 0.0664. The van der Waals surface area contributed by atoms with Gasteiger partial charge in [-0.05, 0) is 67.5 Å². The summed E-state index contributed by atoms with van der Waals surface area (Å²) in [6.07, 6.45) is 3.36. The molecule has 1 aliphatic rings. The van der Waals surface area contributed by atoms with E-state index in [-0.39, 0.29) is 29.6 Å². The first-order chi connectivity index (χ1) is 16.5. The van der Waals surface area contributed by atoms with Gasteiger partial charge in [-0.15, -0.1) is 23.1 Å². The number of ether oxygens (including phenoxy) is 1. The van der Waals surface area contributed by atoms with Crippen LogP contribution in [-0.2, 0) is 14.3 Å². The Hall–Kier alpha value is -2.81. The lowest BCUT2D eigenvalue weighted by Gasteiger charge is -2.35. The molecule has 1 saturated heterocycles. The Morgan fingerprint density at radius 2 is 1.88 bits per heavy atom. The molecular weight excluding hydrogens is 468 g/mol. The van der Waals surface area contributed by atoms with E-state index < -0.39 is 0 Å². The maximum atomic E-state index is 12.4. The second-order valence-electron chi connectivity index (χ2n) is 8.41. The average Bonchev–Trinajstić information content (AvgIpc) is 3.36. The Bertz CT molecular complexity index is 1140. The maximum Gasteiger partial charge on any atom is 0.262 e. The van der Waals surface area contributed by atoms with Crippen LogP contribution in [0, 0.1) is 6.92 Å². The minimum Gasteiger partial charge on any atom is -0.484 e. The van der Waals surface area contributed by atoms with Crippen molar-refractivity contribution in [3.05, 3.63) is 71.1 Å². The van der Waals surface area contributed by atoms with Gasteiger partial charge in [-0.3, -0.25) is 14.8 Å². The molecule has 1 atom stereocenters. The van der Waals surface area contributed by atoms with E-state index in [1.165, 1.54) is 0 Å². The van der Waals surface area contributed by atoms with Crippen molar-refractivity contribution < 1.29 is 19.5 Å². The molecule has 178 valence electrons. The molecule has 2 amide bonds. The van der Waals surface area contributed by atoms with Crippen molar-refractivity contribution in [2.75, 3.05) is 17.7 Å². The van der Waals surface area contributed by atoms with E-state index in [1.807, 2.05) is 55.5 Å². The third-order valence-electron chi connectivity index (χ3n) is 5.80. The molecule has 1 aromatic heterocycles. The third-order valence-corrected chi connectivity index (χ3v) is 8.88. The molecular formula is C26H28N2O4S2. The molecule has 0 radical (unpaired) electrons. The highest BCUT2D eigenvalue weighted by atomic mass is 32.2. The molecule has 4 rings (SSSR count). The lowest BCUT2D eigenvalue weighted by Crippen LogP contribution is -2.32. The summed E-state index contributed by atoms with van der Waals surface area (Å²) in [4.78, 5) is 26.6. The number of carbonyl (C=O) groups excluding carboxylic acids is 2. The Labute approximate surface area is 207 Å². The predicted molar refractivity (Wildman–Crippen MR) is 138 cm³/mol. The van der Waals surface area contributed by atoms with E-state index in [0.717, 1.165) is 45.9 Å². The molecule has 2 aromatic carbocycles. The van der Waals surface area contributed by atoms with Crippen LogP contribution >= 0.6 is 23.1 Å². The number of carbonyl (C=O) groups is 2. The van der Waals surface area contributed by atoms with Crippen molar-refractivity contribution in [2.45, 2.75) is 37.4 Å². The summed E-state index contributed by atoms with van der Waals surface area (Å²) in [6.45, 7) is 1.93. The van der Waals surface area contributed by atoms with Crippen LogP contribution in [0.5, 0.6) is 5.75 Å². The van der Waals surface area contributed by atoms with Gasteiger partial charge in [0, 0.05) is 21.9 Å². The summed E-state index contributed by atoms with van der Waals surface area (Å²) in [5.41, 5.74) is 4.63. The van der Waals surface area contributed by atoms with Crippen molar-refractivity contribution in [3.63, 3.8) is 0 Å². The highest BCUT2D eigenvalue weighted by molar-refractivity contribution is 8.00. The monoisotopic (exact) mass is 496 g/mol. The van der Waals surface area contributed by atoms with Crippen LogP contribution in [0.25, 0.3) is 10.4 Å². The van der Waals surface area contributed by atoms with Crippen LogP contribution in [0.4, 0.5) is 5.69 Å². The molecule has 34 heavy (non-hydrogen) atoms. The smallest absolute Gasteiger partial charge is 0.262 e. The lowest BCUT2D eigenvalue weighted by atomic mass is 9.94. The molecule has 3 N–H and O–H groups in total. The van der Waals surface area contributed by atoms with Crippen LogP contribution in [0.3, 0.4) is 0 Å². The van der Waals surface area contributed by atoms with Gasteiger partial charge in [0.2, 0.25) is 5.91 Å². The number of thioether (sulfide) groups is 1. The van der Waals surface area contributed by atoms with E-state index in [0.29, 0.717) is 11.4 Å². The van der Waals surface area contributed by atoms with Crippen LogP contribution in [0.1, 0.15) is 36.1 Å². The van der Waals surface area contributed by atoms with Gasteiger partial charge in [0.15, 0.2) is 6.61 Å². The molecule has 1 fully saturated rings. The van der Waals surface area contributed by atoms with Gasteiger partial charge in [-0.2, -0.15) is 0 Å². The Morgan fingerprint density at radius 1 is 1.06 bits per heavy atom. The summed E-state index contributed by atoms with van der Waals surface area (Å²) in [5.74, 6) is 1.07. The summed E-state index contributed by atoms with van der Waals surface area (Å²) in [7, 11) is 0. The van der Waals surface area contributed by atoms with Crippen LogP contribution in [-0.4, -0.2) is 29.4 Å². The first-order valence-electron chi connectivity index (χ1n) is 11.2. The highest BCUT2D eigenvalue weighted by Gasteiger charge is 2.38. The van der Waals surface area contributed by atoms with Crippen molar-refractivity contribution in [1.29, 1.82) is 0 Å². The second kappa shape index (κ2) is 11.1. The number of hydrogen-bond acceptors (Lipinski definition) is 6. The molecule has 0 spiro atoms. The first-order valence-corrected chi connectivity index (χ1v) is 13.0. The molecule has 0 bridgehead atoms. The van der Waals surface area contributed by atoms with Crippen LogP contribution in [0.2, 0.25) is 0 Å². The van der Waals surface area contributed by atoms with Gasteiger partial charge in [0.05, 0.1) is 4.75 Å². The molecule has 1 aliphatic heterocycles. The first kappa shape index (κ1) is 24.3. The molecule has 3 aromatic rings. The Kier molecular flexibility index (Phi) is 7.92. The number of hydrogen-bond donors (Lipinski definition) is 3. The van der Waals surface area contributed by atoms with Crippen LogP contribution in [0.15, 0.2) is 60.7 Å². The summed E-state index contributed by atoms with van der Waals surface area (Å²) in [5, 5.41) is 12.0. The molecule has 8 heteroatoms. The van der Waals surface area contributed by atoms with E-state index in [2.05, 4.69) is 17.4 Å². The number of hydroxylamine groups is 1. The molecule has 6 nitrogen and oxygen atoms in total. The largest absolute Gasteiger partial charge is 0.484 e. The molecule has 0 unspecified atom stereocenters. The number of anilines is 1. The average molecular weight is 497 g/mol. The zero-order valence-electron chi connectivity index (χ0n) is 19.0. The van der Waals surface area contributed by atoms with Crippen molar-refractivity contribution in [2.24, 2.45) is 0 Å². The van der Waals surface area contributed by atoms with Gasteiger partial charge in [-0.1, -0.05) is 36.2 Å². The van der Waals surface area contributed by atoms with Gasteiger partial charge in [0.25, 0.3) is 5.91 Å². The van der Waals surface area contributed by atoms with Crippen molar-refractivity contribution in [3.8, 4) is 16.2 Å². The minimum atomic E-state index is -0.359. The Balaban J connectivity index is 1.44.